The van der Waals surface area contributed by atoms with E-state index < -0.39 is 0 Å². The zero-order valence-corrected chi connectivity index (χ0v) is 7.51. The normalized spacial score (nSPS) is 13.7. The van der Waals surface area contributed by atoms with E-state index in [1.54, 1.807) is 6.20 Å². The van der Waals surface area contributed by atoms with Crippen molar-refractivity contribution in [1.82, 2.24) is 4.98 Å². The number of hydrogen-bond acceptors (Lipinski definition) is 2. The fourth-order valence-corrected chi connectivity index (χ4v) is 1.67. The van der Waals surface area contributed by atoms with Gasteiger partial charge in [-0.1, -0.05) is 18.2 Å². The third-order valence-electron chi connectivity index (χ3n) is 2.32. The summed E-state index contributed by atoms with van der Waals surface area (Å²) in [6.45, 7) is 0.517. The zero-order valence-electron chi connectivity index (χ0n) is 7.51. The molecular weight excluding hydrogens is 174 g/mol. The molecule has 0 atom stereocenters. The minimum Gasteiger partial charge on any atom is -0.664 e. The van der Waals surface area contributed by atoms with E-state index in [-0.39, 0.29) is 0 Å². The maximum Gasteiger partial charge on any atom is 0.0560 e. The van der Waals surface area contributed by atoms with E-state index in [0.717, 1.165) is 22.2 Å². The average Bonchev–Trinajstić information content (AvgIpc) is 2.29. The molecule has 1 aromatic carbocycles. The molecule has 0 fully saturated rings. The molecule has 0 spiro atoms. The van der Waals surface area contributed by atoms with Gasteiger partial charge in [0.1, 0.15) is 0 Å². The Morgan fingerprint density at radius 3 is 3.21 bits per heavy atom. The van der Waals surface area contributed by atoms with Gasteiger partial charge in [-0.3, -0.25) is 4.98 Å². The molecule has 14 heavy (non-hydrogen) atoms. The molecule has 0 aliphatic carbocycles. The summed E-state index contributed by atoms with van der Waals surface area (Å²) in [6.07, 6.45) is 3.65. The van der Waals surface area contributed by atoms with Gasteiger partial charge in [-0.15, -0.1) is 5.69 Å². The van der Waals surface area contributed by atoms with Gasteiger partial charge < -0.3 is 10.3 Å². The summed E-state index contributed by atoms with van der Waals surface area (Å²) in [7, 11) is 0. The van der Waals surface area contributed by atoms with E-state index in [2.05, 4.69) is 15.3 Å². The van der Waals surface area contributed by atoms with Crippen LogP contribution in [-0.2, 0) is 0 Å². The zero-order chi connectivity index (χ0) is 9.38. The van der Waals surface area contributed by atoms with E-state index in [1.165, 1.54) is 0 Å². The number of hydrogen-bond donors (Lipinski definition) is 0. The van der Waals surface area contributed by atoms with Crippen molar-refractivity contribution in [2.45, 2.75) is 0 Å². The lowest BCUT2D eigenvalue weighted by Crippen LogP contribution is -1.94. The molecule has 68 valence electrons. The van der Waals surface area contributed by atoms with E-state index >= 15 is 0 Å². The Kier molecular flexibility index (Phi) is 1.50. The second-order valence-corrected chi connectivity index (χ2v) is 3.19. The summed E-state index contributed by atoms with van der Waals surface area (Å²) in [6, 6.07) is 8.06. The third-order valence-corrected chi connectivity index (χ3v) is 2.32. The Morgan fingerprint density at radius 2 is 2.21 bits per heavy atom. The quantitative estimate of drug-likeness (QED) is 0.617. The molecule has 1 aliphatic rings. The van der Waals surface area contributed by atoms with Crippen LogP contribution in [0.25, 0.3) is 16.2 Å². The standard InChI is InChI=1S/C11H8N3/c1-2-8-3-4-9-6-12-7-14-11(9)10(8)13-5-1/h1-6H,7H2/q-1. The second kappa shape index (κ2) is 2.80. The maximum absolute atomic E-state index is 4.36. The lowest BCUT2D eigenvalue weighted by molar-refractivity contribution is 1.19. The molecule has 2 heterocycles. The second-order valence-electron chi connectivity index (χ2n) is 3.19. The molecule has 1 aliphatic heterocycles. The number of nitrogens with zero attached hydrogens (tertiary/aromatic N) is 3. The highest BCUT2D eigenvalue weighted by Crippen LogP contribution is 2.32. The molecule has 1 aromatic heterocycles. The van der Waals surface area contributed by atoms with Gasteiger partial charge >= 0.3 is 0 Å². The van der Waals surface area contributed by atoms with Crippen LogP contribution in [0, 0.1) is 0 Å². The fraction of sp³-hybridized carbons (Fsp3) is 0.0909. The van der Waals surface area contributed by atoms with Crippen LogP contribution in [0.5, 0.6) is 0 Å². The number of fused-ring (bicyclic) bond motifs is 3. The van der Waals surface area contributed by atoms with Crippen LogP contribution >= 0.6 is 0 Å². The highest BCUT2D eigenvalue weighted by atomic mass is 15.0. The van der Waals surface area contributed by atoms with Crippen molar-refractivity contribution in [3.63, 3.8) is 0 Å². The lowest BCUT2D eigenvalue weighted by Gasteiger charge is -2.26. The van der Waals surface area contributed by atoms with Crippen LogP contribution in [0.15, 0.2) is 35.5 Å². The summed E-state index contributed by atoms with van der Waals surface area (Å²) in [4.78, 5) is 8.44. The van der Waals surface area contributed by atoms with Crippen LogP contribution in [0.4, 0.5) is 5.69 Å². The molecule has 0 bridgehead atoms. The van der Waals surface area contributed by atoms with Gasteiger partial charge in [-0.05, 0) is 23.7 Å². The summed E-state index contributed by atoms with van der Waals surface area (Å²) in [5.74, 6) is 0. The lowest BCUT2D eigenvalue weighted by atomic mass is 10.1. The number of benzene rings is 1. The molecular formula is C11H8N3-. The van der Waals surface area contributed by atoms with Crippen LogP contribution in [0.1, 0.15) is 5.56 Å². The van der Waals surface area contributed by atoms with Gasteiger partial charge in [0.15, 0.2) is 0 Å². The molecule has 3 rings (SSSR count). The van der Waals surface area contributed by atoms with Gasteiger partial charge in [0.25, 0.3) is 0 Å². The van der Waals surface area contributed by atoms with Gasteiger partial charge in [0.05, 0.1) is 5.52 Å². The van der Waals surface area contributed by atoms with Gasteiger partial charge in [0, 0.05) is 12.4 Å². The molecule has 2 aromatic rings. The first-order valence-corrected chi connectivity index (χ1v) is 4.50. The highest BCUT2D eigenvalue weighted by molar-refractivity contribution is 6.03. The van der Waals surface area contributed by atoms with Gasteiger partial charge in [0.2, 0.25) is 0 Å². The molecule has 0 radical (unpaired) electrons. The van der Waals surface area contributed by atoms with Gasteiger partial charge in [-0.25, -0.2) is 0 Å². The topological polar surface area (TPSA) is 39.4 Å². The predicted molar refractivity (Wildman–Crippen MR) is 57.2 cm³/mol. The van der Waals surface area contributed by atoms with E-state index in [9.17, 15) is 0 Å². The Balaban J connectivity index is 2.41. The Hall–Kier alpha value is -1.90. The monoisotopic (exact) mass is 182 g/mol. The third kappa shape index (κ3) is 0.988. The van der Waals surface area contributed by atoms with E-state index in [0.29, 0.717) is 6.67 Å². The smallest absolute Gasteiger partial charge is 0.0560 e. The minimum absolute atomic E-state index is 0.517. The van der Waals surface area contributed by atoms with E-state index in [1.807, 2.05) is 30.5 Å². The van der Waals surface area contributed by atoms with Crippen LogP contribution < -0.4 is 0 Å². The Bertz CT molecular complexity index is 517. The van der Waals surface area contributed by atoms with Crippen molar-refractivity contribution in [1.29, 1.82) is 0 Å². The average molecular weight is 182 g/mol. The maximum atomic E-state index is 4.36. The van der Waals surface area contributed by atoms with Crippen molar-refractivity contribution in [3.05, 3.63) is 41.3 Å². The van der Waals surface area contributed by atoms with Crippen molar-refractivity contribution in [2.75, 3.05) is 6.67 Å². The van der Waals surface area contributed by atoms with Crippen LogP contribution in [0.3, 0.4) is 0 Å². The van der Waals surface area contributed by atoms with Crippen LogP contribution in [0.2, 0.25) is 0 Å². The molecule has 0 saturated carbocycles. The Morgan fingerprint density at radius 1 is 1.21 bits per heavy atom. The molecule has 0 amide bonds. The number of pyridine rings is 1. The SMILES string of the molecule is C1=NC[N-]c2c1ccc1cccnc21. The number of aromatic nitrogens is 1. The highest BCUT2D eigenvalue weighted by Gasteiger charge is 2.01. The van der Waals surface area contributed by atoms with Crippen LogP contribution in [-0.4, -0.2) is 17.9 Å². The summed E-state index contributed by atoms with van der Waals surface area (Å²) in [5, 5.41) is 5.49. The molecule has 0 saturated heterocycles. The van der Waals surface area contributed by atoms with Crippen molar-refractivity contribution in [2.24, 2.45) is 4.99 Å². The predicted octanol–water partition coefficient (Wildman–Crippen LogP) is 2.63. The van der Waals surface area contributed by atoms with Crippen molar-refractivity contribution in [3.8, 4) is 0 Å². The number of rotatable bonds is 0. The minimum atomic E-state index is 0.517. The first kappa shape index (κ1) is 7.50. The van der Waals surface area contributed by atoms with Crippen molar-refractivity contribution < 1.29 is 0 Å². The molecule has 0 N–H and O–H groups in total. The molecule has 3 heteroatoms. The summed E-state index contributed by atoms with van der Waals surface area (Å²) >= 11 is 0. The first-order valence-electron chi connectivity index (χ1n) is 4.50. The largest absolute Gasteiger partial charge is 0.664 e. The first-order chi connectivity index (χ1) is 6.95. The Labute approximate surface area is 81.5 Å². The number of aliphatic imine (C=N–C) groups is 1. The fourth-order valence-electron chi connectivity index (χ4n) is 1.67. The summed E-state index contributed by atoms with van der Waals surface area (Å²) in [5.41, 5.74) is 3.00. The summed E-state index contributed by atoms with van der Waals surface area (Å²) < 4.78 is 0. The van der Waals surface area contributed by atoms with E-state index in [4.69, 9.17) is 0 Å². The molecule has 0 unspecified atom stereocenters. The van der Waals surface area contributed by atoms with Crippen molar-refractivity contribution >= 4 is 22.8 Å². The van der Waals surface area contributed by atoms with Gasteiger partial charge in [-0.2, -0.15) is 0 Å². The molecule has 3 nitrogen and oxygen atoms in total.